The molecule has 1 unspecified atom stereocenters. The van der Waals surface area contributed by atoms with Crippen molar-refractivity contribution in [2.24, 2.45) is 28.6 Å². The largest absolute Gasteiger partial charge is 0.458 e. The van der Waals surface area contributed by atoms with Crippen LogP contribution in [0.25, 0.3) is 0 Å². The van der Waals surface area contributed by atoms with Crippen LogP contribution < -0.4 is 0 Å². The van der Waals surface area contributed by atoms with E-state index in [1.807, 2.05) is 0 Å². The lowest BCUT2D eigenvalue weighted by molar-refractivity contribution is -0.208. The molecule has 4 saturated carbocycles. The van der Waals surface area contributed by atoms with Crippen LogP contribution in [-0.2, 0) is 41.0 Å². The molecule has 4 fully saturated rings. The first-order valence-corrected chi connectivity index (χ1v) is 15.0. The molecule has 1 aromatic carbocycles. The van der Waals surface area contributed by atoms with E-state index < -0.39 is 67.9 Å². The van der Waals surface area contributed by atoms with Gasteiger partial charge in [-0.2, -0.15) is 34.8 Å². The molecule has 0 amide bonds. The zero-order chi connectivity index (χ0) is 30.8. The number of carbonyl (C=O) groups excluding carboxylic acids is 2. The first-order valence-electron chi connectivity index (χ1n) is 13.6. The third-order valence-electron chi connectivity index (χ3n) is 9.64. The molecule has 230 valence electrons. The number of carbonyl (C=O) groups is 2. The molecule has 0 radical (unpaired) electrons. The van der Waals surface area contributed by atoms with Gasteiger partial charge >= 0.3 is 18.3 Å². The van der Waals surface area contributed by atoms with Crippen LogP contribution in [0.5, 0.6) is 0 Å². The van der Waals surface area contributed by atoms with Crippen LogP contribution in [0.15, 0.2) is 23.1 Å². The summed E-state index contributed by atoms with van der Waals surface area (Å²) < 4.78 is 116. The fourth-order valence-corrected chi connectivity index (χ4v) is 8.44. The number of rotatable bonds is 9. The normalized spacial score (nSPS) is 27.9. The summed E-state index contributed by atoms with van der Waals surface area (Å²) in [5, 5.41) is 0. The van der Waals surface area contributed by atoms with Crippen molar-refractivity contribution in [2.75, 3.05) is 6.61 Å². The maximum absolute atomic E-state index is 13.7. The second kappa shape index (κ2) is 10.2. The lowest BCUT2D eigenvalue weighted by Crippen LogP contribution is -2.59. The Bertz CT molecular complexity index is 1250. The molecule has 1 atom stereocenters. The smallest absolute Gasteiger partial charge is 0.416 e. The molecule has 4 aliphatic carbocycles. The topological polar surface area (TPSA) is 86.7 Å². The molecule has 13 heteroatoms. The summed E-state index contributed by atoms with van der Waals surface area (Å²) in [6.07, 6.45) is -4.87. The Kier molecular flexibility index (Phi) is 7.94. The molecule has 6 nitrogen and oxygen atoms in total. The minimum absolute atomic E-state index is 0.0143. The molecule has 0 heterocycles. The molecular weight excluding hydrogens is 578 g/mol. The van der Waals surface area contributed by atoms with Crippen molar-refractivity contribution in [3.8, 4) is 0 Å². The van der Waals surface area contributed by atoms with Crippen molar-refractivity contribution in [1.29, 1.82) is 0 Å². The quantitative estimate of drug-likeness (QED) is 0.130. The molecule has 0 aromatic heterocycles. The van der Waals surface area contributed by atoms with E-state index in [1.54, 1.807) is 13.8 Å². The average Bonchev–Trinajstić information content (AvgIpc) is 2.82. The minimum atomic E-state index is -5.29. The highest BCUT2D eigenvalue weighted by molar-refractivity contribution is 7.86. The van der Waals surface area contributed by atoms with Crippen LogP contribution in [0, 0.1) is 28.6 Å². The zero-order valence-corrected chi connectivity index (χ0v) is 24.1. The minimum Gasteiger partial charge on any atom is -0.458 e. The zero-order valence-electron chi connectivity index (χ0n) is 23.2. The van der Waals surface area contributed by atoms with Gasteiger partial charge in [0.05, 0.1) is 22.6 Å². The van der Waals surface area contributed by atoms with Gasteiger partial charge in [0.2, 0.25) is 0 Å². The summed E-state index contributed by atoms with van der Waals surface area (Å²) in [5.74, 6) is -0.286. The maximum Gasteiger partial charge on any atom is 0.416 e. The van der Waals surface area contributed by atoms with Gasteiger partial charge in [0.25, 0.3) is 10.1 Å². The third-order valence-corrected chi connectivity index (χ3v) is 10.9. The number of halogens is 6. The molecule has 0 N–H and O–H groups in total. The van der Waals surface area contributed by atoms with E-state index in [4.69, 9.17) is 8.92 Å². The van der Waals surface area contributed by atoms with Gasteiger partial charge in [0.15, 0.2) is 5.41 Å². The van der Waals surface area contributed by atoms with E-state index in [9.17, 15) is 44.3 Å². The van der Waals surface area contributed by atoms with Gasteiger partial charge < -0.3 is 4.74 Å². The van der Waals surface area contributed by atoms with Crippen molar-refractivity contribution >= 4 is 21.9 Å². The number of ether oxygens (including phenoxy) is 1. The van der Waals surface area contributed by atoms with Crippen LogP contribution in [0.3, 0.4) is 0 Å². The molecule has 1 aromatic rings. The predicted octanol–water partition coefficient (Wildman–Crippen LogP) is 6.95. The highest BCUT2D eigenvalue weighted by Gasteiger charge is 2.60. The maximum atomic E-state index is 13.7. The summed E-state index contributed by atoms with van der Waals surface area (Å²) in [6.45, 7) is 4.86. The highest BCUT2D eigenvalue weighted by Crippen LogP contribution is 2.64. The first kappa shape index (κ1) is 31.8. The van der Waals surface area contributed by atoms with Crippen molar-refractivity contribution in [3.63, 3.8) is 0 Å². The molecule has 4 aliphatic rings. The van der Waals surface area contributed by atoms with Gasteiger partial charge in [-0.1, -0.05) is 6.92 Å². The van der Waals surface area contributed by atoms with Crippen LogP contribution in [0.4, 0.5) is 26.3 Å². The van der Waals surface area contributed by atoms with Gasteiger partial charge in [-0.05, 0) is 102 Å². The Hall–Kier alpha value is -2.15. The Morgan fingerprint density at radius 3 is 1.68 bits per heavy atom. The van der Waals surface area contributed by atoms with E-state index in [0.717, 1.165) is 45.4 Å². The van der Waals surface area contributed by atoms with Gasteiger partial charge in [-0.3, -0.25) is 13.8 Å². The van der Waals surface area contributed by atoms with Gasteiger partial charge in [0, 0.05) is 5.41 Å². The van der Waals surface area contributed by atoms with E-state index >= 15 is 0 Å². The number of Topliss-reactive ketones (excluding diaryl/α,β-unsaturated/α-hetero) is 1. The number of esters is 1. The van der Waals surface area contributed by atoms with E-state index in [2.05, 4.69) is 0 Å². The van der Waals surface area contributed by atoms with Gasteiger partial charge in [0.1, 0.15) is 11.4 Å². The molecular formula is C28H34F6O6S. The predicted molar refractivity (Wildman–Crippen MR) is 134 cm³/mol. The Labute approximate surface area is 235 Å². The number of ketones is 1. The van der Waals surface area contributed by atoms with E-state index in [1.165, 1.54) is 6.92 Å². The standard InChI is InChI=1S/C28H34F6O6S/c1-5-26(16(2)35,23(36)40-24(3,4)25-12-17-6-18(13-25)8-19(7-17)14-25)15-39-41(37,38)22-10-20(27(29,30)31)9-21(11-22)28(32,33)34/h9-11,17-19H,5-8,12-15H2,1-4H3. The van der Waals surface area contributed by atoms with Crippen LogP contribution in [0.2, 0.25) is 0 Å². The SMILES string of the molecule is CCC(COS(=O)(=O)c1cc(C(F)(F)F)cc(C(F)(F)F)c1)(C(C)=O)C(=O)OC(C)(C)C12CC3CC(CC(C3)C1)C2. The van der Waals surface area contributed by atoms with Gasteiger partial charge in [-0.15, -0.1) is 0 Å². The molecule has 4 bridgehead atoms. The van der Waals surface area contributed by atoms with Crippen molar-refractivity contribution in [3.05, 3.63) is 29.3 Å². The number of hydrogen-bond donors (Lipinski definition) is 0. The second-order valence-electron chi connectivity index (χ2n) is 12.5. The summed E-state index contributed by atoms with van der Waals surface area (Å²) in [4.78, 5) is 25.1. The Balaban J connectivity index is 1.61. The first-order chi connectivity index (χ1) is 18.6. The van der Waals surface area contributed by atoms with Gasteiger partial charge in [-0.25, -0.2) is 0 Å². The van der Waals surface area contributed by atoms with Crippen molar-refractivity contribution in [2.45, 2.75) is 95.5 Å². The lowest BCUT2D eigenvalue weighted by atomic mass is 9.46. The third kappa shape index (κ3) is 5.89. The molecule has 0 aliphatic heterocycles. The van der Waals surface area contributed by atoms with Crippen LogP contribution >= 0.6 is 0 Å². The van der Waals surface area contributed by atoms with Crippen molar-refractivity contribution in [1.82, 2.24) is 0 Å². The van der Waals surface area contributed by atoms with Crippen LogP contribution in [-0.4, -0.2) is 32.4 Å². The highest BCUT2D eigenvalue weighted by atomic mass is 32.2. The molecule has 5 rings (SSSR count). The molecule has 41 heavy (non-hydrogen) atoms. The summed E-state index contributed by atoms with van der Waals surface area (Å²) in [5.41, 5.74) is -7.18. The summed E-state index contributed by atoms with van der Waals surface area (Å²) in [7, 11) is -5.28. The lowest BCUT2D eigenvalue weighted by Gasteiger charge is -2.61. The summed E-state index contributed by atoms with van der Waals surface area (Å²) >= 11 is 0. The Morgan fingerprint density at radius 2 is 1.32 bits per heavy atom. The second-order valence-corrected chi connectivity index (χ2v) is 14.2. The fourth-order valence-electron chi connectivity index (χ4n) is 7.40. The number of hydrogen-bond acceptors (Lipinski definition) is 6. The van der Waals surface area contributed by atoms with Crippen LogP contribution in [0.1, 0.15) is 83.8 Å². The monoisotopic (exact) mass is 612 g/mol. The van der Waals surface area contributed by atoms with Crippen molar-refractivity contribution < 1.29 is 53.3 Å². The fraction of sp³-hybridized carbons (Fsp3) is 0.714. The number of alkyl halides is 6. The Morgan fingerprint density at radius 1 is 0.878 bits per heavy atom. The van der Waals surface area contributed by atoms with E-state index in [0.29, 0.717) is 17.8 Å². The number of benzene rings is 1. The average molecular weight is 613 g/mol. The molecule has 0 saturated heterocycles. The van der Waals surface area contributed by atoms with E-state index in [-0.39, 0.29) is 30.0 Å². The molecule has 0 spiro atoms. The summed E-state index contributed by atoms with van der Waals surface area (Å²) in [6, 6.07) is -0.185.